The predicted molar refractivity (Wildman–Crippen MR) is 68.2 cm³/mol. The molecule has 5 heteroatoms. The number of methoxy groups -OCH3 is 1. The van der Waals surface area contributed by atoms with Crippen LogP contribution >= 0.6 is 12.4 Å². The summed E-state index contributed by atoms with van der Waals surface area (Å²) in [6.07, 6.45) is 2.51. The molecular weight excluding hydrogens is 228 g/mol. The average molecular weight is 253 g/mol. The fourth-order valence-electron chi connectivity index (χ4n) is 1.99. The number of piperidine rings is 1. The van der Waals surface area contributed by atoms with E-state index >= 15 is 0 Å². The van der Waals surface area contributed by atoms with Crippen LogP contribution in [0.25, 0.3) is 0 Å². The van der Waals surface area contributed by atoms with E-state index in [2.05, 4.69) is 4.90 Å². The minimum Gasteiger partial charge on any atom is -0.384 e. The van der Waals surface area contributed by atoms with Gasteiger partial charge < -0.3 is 20.1 Å². The molecule has 0 aromatic carbocycles. The lowest BCUT2D eigenvalue weighted by Crippen LogP contribution is -2.37. The van der Waals surface area contributed by atoms with Crippen molar-refractivity contribution < 1.29 is 9.47 Å². The maximum Gasteiger partial charge on any atom is 0.0594 e. The van der Waals surface area contributed by atoms with Crippen LogP contribution in [-0.2, 0) is 9.47 Å². The van der Waals surface area contributed by atoms with Gasteiger partial charge in [-0.25, -0.2) is 0 Å². The van der Waals surface area contributed by atoms with Crippen LogP contribution in [0.15, 0.2) is 0 Å². The monoisotopic (exact) mass is 252 g/mol. The minimum absolute atomic E-state index is 0. The molecule has 1 aliphatic heterocycles. The summed E-state index contributed by atoms with van der Waals surface area (Å²) in [4.78, 5) is 2.46. The van der Waals surface area contributed by atoms with Crippen LogP contribution in [0.4, 0.5) is 0 Å². The van der Waals surface area contributed by atoms with Crippen LogP contribution in [-0.4, -0.2) is 58.0 Å². The fourth-order valence-corrected chi connectivity index (χ4v) is 1.99. The van der Waals surface area contributed by atoms with E-state index in [0.717, 1.165) is 25.7 Å². The maximum atomic E-state index is 5.37. The smallest absolute Gasteiger partial charge is 0.0594 e. The lowest BCUT2D eigenvalue weighted by molar-refractivity contribution is 0.0714. The van der Waals surface area contributed by atoms with Crippen molar-refractivity contribution in [3.05, 3.63) is 0 Å². The van der Waals surface area contributed by atoms with Crippen molar-refractivity contribution in [2.24, 2.45) is 11.7 Å². The van der Waals surface area contributed by atoms with Gasteiger partial charge in [0.05, 0.1) is 13.2 Å². The van der Waals surface area contributed by atoms with Gasteiger partial charge in [-0.1, -0.05) is 0 Å². The van der Waals surface area contributed by atoms with Crippen LogP contribution in [0.5, 0.6) is 0 Å². The average Bonchev–Trinajstić information content (AvgIpc) is 2.27. The van der Waals surface area contributed by atoms with Crippen LogP contribution in [0.2, 0.25) is 0 Å². The number of nitrogens with zero attached hydrogens (tertiary/aromatic N) is 1. The van der Waals surface area contributed by atoms with E-state index in [1.807, 2.05) is 0 Å². The Labute approximate surface area is 105 Å². The molecule has 0 aliphatic carbocycles. The first-order chi connectivity index (χ1) is 7.36. The number of halogens is 1. The normalized spacial score (nSPS) is 18.4. The Bertz CT molecular complexity index is 150. The van der Waals surface area contributed by atoms with Crippen molar-refractivity contribution in [3.63, 3.8) is 0 Å². The summed E-state index contributed by atoms with van der Waals surface area (Å²) in [6, 6.07) is 0. The molecule has 1 heterocycles. The van der Waals surface area contributed by atoms with Gasteiger partial charge in [-0.2, -0.15) is 0 Å². The van der Waals surface area contributed by atoms with Gasteiger partial charge in [0, 0.05) is 26.8 Å². The van der Waals surface area contributed by atoms with Crippen molar-refractivity contribution in [1.82, 2.24) is 4.90 Å². The number of ether oxygens (including phenoxy) is 2. The Hall–Kier alpha value is 0.130. The first-order valence-electron chi connectivity index (χ1n) is 5.86. The summed E-state index contributed by atoms with van der Waals surface area (Å²) < 4.78 is 10.5. The van der Waals surface area contributed by atoms with Gasteiger partial charge in [-0.15, -0.1) is 12.4 Å². The Balaban J connectivity index is 0.00000225. The Morgan fingerprint density at radius 2 is 1.94 bits per heavy atom. The summed E-state index contributed by atoms with van der Waals surface area (Å²) in [7, 11) is 1.78. The van der Waals surface area contributed by atoms with E-state index in [1.165, 1.54) is 25.9 Å². The molecule has 0 aromatic rings. The Morgan fingerprint density at radius 3 is 2.50 bits per heavy atom. The van der Waals surface area contributed by atoms with E-state index in [0.29, 0.717) is 13.2 Å². The molecule has 0 aromatic heterocycles. The zero-order valence-electron chi connectivity index (χ0n) is 10.2. The van der Waals surface area contributed by atoms with E-state index in [4.69, 9.17) is 15.2 Å². The van der Waals surface area contributed by atoms with E-state index in [1.54, 1.807) is 7.11 Å². The van der Waals surface area contributed by atoms with E-state index in [9.17, 15) is 0 Å². The number of nitrogens with two attached hydrogens (primary N) is 1. The quantitative estimate of drug-likeness (QED) is 0.679. The molecule has 1 fully saturated rings. The molecule has 0 radical (unpaired) electrons. The van der Waals surface area contributed by atoms with Gasteiger partial charge in [0.2, 0.25) is 0 Å². The van der Waals surface area contributed by atoms with Crippen LogP contribution in [0.1, 0.15) is 12.8 Å². The minimum atomic E-state index is 0. The highest BCUT2D eigenvalue weighted by molar-refractivity contribution is 5.85. The third-order valence-electron chi connectivity index (χ3n) is 2.92. The third kappa shape index (κ3) is 6.66. The van der Waals surface area contributed by atoms with Gasteiger partial charge >= 0.3 is 0 Å². The second-order valence-electron chi connectivity index (χ2n) is 4.14. The van der Waals surface area contributed by atoms with Crippen molar-refractivity contribution in [2.75, 3.05) is 53.1 Å². The van der Waals surface area contributed by atoms with Crippen LogP contribution in [0, 0.1) is 5.92 Å². The first-order valence-corrected chi connectivity index (χ1v) is 5.86. The second kappa shape index (κ2) is 10.3. The molecule has 1 saturated heterocycles. The lowest BCUT2D eigenvalue weighted by atomic mass is 9.98. The van der Waals surface area contributed by atoms with Gasteiger partial charge in [0.25, 0.3) is 0 Å². The maximum absolute atomic E-state index is 5.37. The largest absolute Gasteiger partial charge is 0.384 e. The van der Waals surface area contributed by atoms with Gasteiger partial charge in [-0.05, 0) is 31.8 Å². The molecule has 1 aliphatic rings. The summed E-state index contributed by atoms with van der Waals surface area (Å²) >= 11 is 0. The van der Waals surface area contributed by atoms with Gasteiger partial charge in [0.1, 0.15) is 0 Å². The summed E-state index contributed by atoms with van der Waals surface area (Å²) in [5.41, 5.74) is 5.35. The summed E-state index contributed by atoms with van der Waals surface area (Å²) in [5, 5.41) is 0. The summed E-state index contributed by atoms with van der Waals surface area (Å²) in [6.45, 7) is 6.43. The van der Waals surface area contributed by atoms with Gasteiger partial charge in [-0.3, -0.25) is 0 Å². The van der Waals surface area contributed by atoms with Crippen molar-refractivity contribution in [1.29, 1.82) is 0 Å². The molecule has 0 unspecified atom stereocenters. The molecule has 0 atom stereocenters. The highest BCUT2D eigenvalue weighted by Gasteiger charge is 2.18. The van der Waals surface area contributed by atoms with Crippen molar-refractivity contribution in [2.45, 2.75) is 12.8 Å². The molecule has 0 amide bonds. The molecule has 4 nitrogen and oxygen atoms in total. The lowest BCUT2D eigenvalue weighted by Gasteiger charge is -2.31. The Morgan fingerprint density at radius 1 is 1.25 bits per heavy atom. The SMILES string of the molecule is COCC1CCN(CCOCCN)CC1.Cl. The molecule has 1 rings (SSSR count). The molecule has 2 N–H and O–H groups in total. The molecule has 0 spiro atoms. The molecule has 0 saturated carbocycles. The zero-order valence-corrected chi connectivity index (χ0v) is 11.0. The highest BCUT2D eigenvalue weighted by atomic mass is 35.5. The molecular formula is C11H25ClN2O2. The van der Waals surface area contributed by atoms with Gasteiger partial charge in [0.15, 0.2) is 0 Å². The van der Waals surface area contributed by atoms with E-state index < -0.39 is 0 Å². The third-order valence-corrected chi connectivity index (χ3v) is 2.92. The molecule has 0 bridgehead atoms. The van der Waals surface area contributed by atoms with Crippen LogP contribution in [0.3, 0.4) is 0 Å². The first kappa shape index (κ1) is 16.1. The van der Waals surface area contributed by atoms with E-state index in [-0.39, 0.29) is 12.4 Å². The second-order valence-corrected chi connectivity index (χ2v) is 4.14. The van der Waals surface area contributed by atoms with Crippen LogP contribution < -0.4 is 5.73 Å². The number of likely N-dealkylation sites (tertiary alicyclic amines) is 1. The molecule has 16 heavy (non-hydrogen) atoms. The number of hydrogen-bond donors (Lipinski definition) is 1. The highest BCUT2D eigenvalue weighted by Crippen LogP contribution is 2.16. The number of hydrogen-bond acceptors (Lipinski definition) is 4. The van der Waals surface area contributed by atoms with Crippen molar-refractivity contribution in [3.8, 4) is 0 Å². The zero-order chi connectivity index (χ0) is 10.9. The topological polar surface area (TPSA) is 47.7 Å². The Kier molecular flexibility index (Phi) is 10.4. The summed E-state index contributed by atoms with van der Waals surface area (Å²) in [5.74, 6) is 0.760. The standard InChI is InChI=1S/C11H24N2O2.ClH/c1-14-10-11-2-5-13(6-3-11)7-9-15-8-4-12;/h11H,2-10,12H2,1H3;1H. The predicted octanol–water partition coefficient (Wildman–Crippen LogP) is 0.742. The van der Waals surface area contributed by atoms with Crippen molar-refractivity contribution >= 4 is 12.4 Å². The fraction of sp³-hybridized carbons (Fsp3) is 1.00. The molecule has 98 valence electrons. The number of rotatable bonds is 7.